The summed E-state index contributed by atoms with van der Waals surface area (Å²) in [5.74, 6) is 0.800. The summed E-state index contributed by atoms with van der Waals surface area (Å²) in [6, 6.07) is 4.41. The third-order valence-electron chi connectivity index (χ3n) is 6.23. The first-order valence-electron chi connectivity index (χ1n) is 10.7. The van der Waals surface area contributed by atoms with Gasteiger partial charge in [0.2, 0.25) is 11.8 Å². The number of hydrogen-bond acceptors (Lipinski definition) is 5. The molecule has 2 aliphatic heterocycles. The van der Waals surface area contributed by atoms with E-state index >= 15 is 0 Å². The summed E-state index contributed by atoms with van der Waals surface area (Å²) in [7, 11) is 0. The number of H-pyrrole nitrogens is 1. The van der Waals surface area contributed by atoms with Gasteiger partial charge in [-0.1, -0.05) is 19.3 Å². The van der Waals surface area contributed by atoms with Crippen LogP contribution in [0.15, 0.2) is 23.0 Å². The van der Waals surface area contributed by atoms with Crippen molar-refractivity contribution >= 4 is 22.7 Å². The zero-order chi connectivity index (χ0) is 20.7. The monoisotopic (exact) mass is 411 g/mol. The van der Waals surface area contributed by atoms with Gasteiger partial charge in [0.1, 0.15) is 19.3 Å². The number of carbonyl (C=O) groups is 2. The molecular weight excluding hydrogens is 386 g/mol. The van der Waals surface area contributed by atoms with E-state index in [-0.39, 0.29) is 29.0 Å². The molecule has 0 bridgehead atoms. The summed E-state index contributed by atoms with van der Waals surface area (Å²) in [5, 5.41) is 3.82. The van der Waals surface area contributed by atoms with Gasteiger partial charge in [0.25, 0.3) is 5.56 Å². The van der Waals surface area contributed by atoms with Crippen LogP contribution in [0.25, 0.3) is 10.9 Å². The maximum absolute atomic E-state index is 13.2. The van der Waals surface area contributed by atoms with Gasteiger partial charge in [0.05, 0.1) is 5.52 Å². The van der Waals surface area contributed by atoms with Gasteiger partial charge in [-0.25, -0.2) is 0 Å². The second kappa shape index (κ2) is 7.66. The molecule has 2 amide bonds. The summed E-state index contributed by atoms with van der Waals surface area (Å²) < 4.78 is 11.2. The van der Waals surface area contributed by atoms with Gasteiger partial charge in [0.15, 0.2) is 11.5 Å². The average Bonchev–Trinajstić information content (AvgIpc) is 2.75. The molecule has 1 unspecified atom stereocenters. The number of nitrogens with zero attached hydrogens (tertiary/aromatic N) is 1. The molecule has 8 heteroatoms. The molecule has 1 aliphatic carbocycles. The van der Waals surface area contributed by atoms with Crippen molar-refractivity contribution in [2.45, 2.75) is 50.6 Å². The fraction of sp³-hybridized carbons (Fsp3) is 0.500. The molecule has 1 aromatic heterocycles. The Morgan fingerprint density at radius 3 is 2.47 bits per heavy atom. The van der Waals surface area contributed by atoms with Crippen LogP contribution in [0, 0.1) is 0 Å². The molecular formula is C22H25N3O5. The van der Waals surface area contributed by atoms with Crippen LogP contribution in [0.1, 0.15) is 50.1 Å². The number of pyridine rings is 1. The minimum absolute atomic E-state index is 0.0993. The maximum Gasteiger partial charge on any atom is 0.254 e. The fourth-order valence-electron chi connectivity index (χ4n) is 4.55. The van der Waals surface area contributed by atoms with Gasteiger partial charge in [0, 0.05) is 36.0 Å². The highest BCUT2D eigenvalue weighted by atomic mass is 16.6. The predicted octanol–water partition coefficient (Wildman–Crippen LogP) is 2.02. The summed E-state index contributed by atoms with van der Waals surface area (Å²) in [4.78, 5) is 42.7. The molecule has 0 spiro atoms. The van der Waals surface area contributed by atoms with E-state index in [9.17, 15) is 14.4 Å². The molecule has 1 atom stereocenters. The van der Waals surface area contributed by atoms with Gasteiger partial charge >= 0.3 is 0 Å². The summed E-state index contributed by atoms with van der Waals surface area (Å²) in [5.41, 5.74) is 0.512. The number of β-lactam (4-membered cyclic amide) rings is 1. The molecule has 2 aromatic rings. The Balaban J connectivity index is 1.52. The molecule has 158 valence electrons. The van der Waals surface area contributed by atoms with Crippen molar-refractivity contribution in [2.75, 3.05) is 19.8 Å². The van der Waals surface area contributed by atoms with E-state index < -0.39 is 6.04 Å². The van der Waals surface area contributed by atoms with Gasteiger partial charge in [-0.05, 0) is 25.0 Å². The second-order valence-electron chi connectivity index (χ2n) is 8.22. The molecule has 1 aromatic carbocycles. The zero-order valence-electron chi connectivity index (χ0n) is 16.7. The highest BCUT2D eigenvalue weighted by Gasteiger charge is 2.39. The molecule has 0 radical (unpaired) electrons. The fourth-order valence-corrected chi connectivity index (χ4v) is 4.55. The smallest absolute Gasteiger partial charge is 0.254 e. The molecule has 30 heavy (non-hydrogen) atoms. The van der Waals surface area contributed by atoms with E-state index in [1.807, 2.05) is 0 Å². The van der Waals surface area contributed by atoms with Crippen molar-refractivity contribution in [1.29, 1.82) is 0 Å². The molecule has 8 nitrogen and oxygen atoms in total. The standard InChI is InChI=1S/C22H25N3O5/c26-19-6-7-25(19)20(22(28)23-14-4-2-1-3-5-14)15-10-13-11-17-18(30-9-8-29-17)12-16(13)24-21(15)27/h10-12,14,20H,1-9H2,(H,23,28)(H,24,27). The molecule has 5 rings (SSSR count). The van der Waals surface area contributed by atoms with Gasteiger partial charge < -0.3 is 24.7 Å². The van der Waals surface area contributed by atoms with Crippen LogP contribution in [-0.4, -0.2) is 47.5 Å². The first-order valence-corrected chi connectivity index (χ1v) is 10.7. The van der Waals surface area contributed by atoms with E-state index in [2.05, 4.69) is 10.3 Å². The lowest BCUT2D eigenvalue weighted by atomic mass is 9.94. The molecule has 1 saturated carbocycles. The summed E-state index contributed by atoms with van der Waals surface area (Å²) in [6.45, 7) is 1.39. The molecule has 3 heterocycles. The number of aromatic nitrogens is 1. The van der Waals surface area contributed by atoms with Crippen molar-refractivity contribution in [3.8, 4) is 11.5 Å². The Morgan fingerprint density at radius 2 is 1.80 bits per heavy atom. The minimum atomic E-state index is -0.922. The Hall–Kier alpha value is -3.03. The Morgan fingerprint density at radius 1 is 1.07 bits per heavy atom. The van der Waals surface area contributed by atoms with Crippen molar-refractivity contribution < 1.29 is 19.1 Å². The number of likely N-dealkylation sites (tertiary alicyclic amines) is 1. The van der Waals surface area contributed by atoms with E-state index in [0.29, 0.717) is 43.2 Å². The van der Waals surface area contributed by atoms with Crippen molar-refractivity contribution in [1.82, 2.24) is 15.2 Å². The largest absolute Gasteiger partial charge is 0.486 e. The normalized spacial score (nSPS) is 20.0. The lowest BCUT2D eigenvalue weighted by Gasteiger charge is -2.38. The van der Waals surface area contributed by atoms with Gasteiger partial charge in [-0.3, -0.25) is 14.4 Å². The van der Waals surface area contributed by atoms with Gasteiger partial charge in [-0.15, -0.1) is 0 Å². The first kappa shape index (κ1) is 19.0. The molecule has 2 fully saturated rings. The highest BCUT2D eigenvalue weighted by molar-refractivity contribution is 5.92. The van der Waals surface area contributed by atoms with E-state index in [0.717, 1.165) is 31.1 Å². The maximum atomic E-state index is 13.2. The lowest BCUT2D eigenvalue weighted by Crippen LogP contribution is -2.53. The Labute approximate surface area is 173 Å². The number of rotatable bonds is 4. The second-order valence-corrected chi connectivity index (χ2v) is 8.22. The summed E-state index contributed by atoms with van der Waals surface area (Å²) >= 11 is 0. The number of carbonyl (C=O) groups excluding carboxylic acids is 2. The third kappa shape index (κ3) is 3.40. The number of amides is 2. The van der Waals surface area contributed by atoms with Crippen molar-refractivity contribution in [3.63, 3.8) is 0 Å². The topological polar surface area (TPSA) is 101 Å². The number of ether oxygens (including phenoxy) is 2. The van der Waals surface area contributed by atoms with Crippen LogP contribution in [0.5, 0.6) is 11.5 Å². The van der Waals surface area contributed by atoms with Crippen LogP contribution in [0.4, 0.5) is 0 Å². The predicted molar refractivity (Wildman–Crippen MR) is 110 cm³/mol. The van der Waals surface area contributed by atoms with E-state index in [4.69, 9.17) is 9.47 Å². The third-order valence-corrected chi connectivity index (χ3v) is 6.23. The van der Waals surface area contributed by atoms with Crippen LogP contribution >= 0.6 is 0 Å². The van der Waals surface area contributed by atoms with Crippen molar-refractivity contribution in [2.24, 2.45) is 0 Å². The molecule has 1 saturated heterocycles. The average molecular weight is 411 g/mol. The van der Waals surface area contributed by atoms with Gasteiger partial charge in [-0.2, -0.15) is 0 Å². The van der Waals surface area contributed by atoms with Crippen LogP contribution in [0.3, 0.4) is 0 Å². The number of fused-ring (bicyclic) bond motifs is 2. The van der Waals surface area contributed by atoms with Crippen LogP contribution < -0.4 is 20.3 Å². The van der Waals surface area contributed by atoms with E-state index in [1.54, 1.807) is 18.2 Å². The number of aromatic amines is 1. The molecule has 3 aliphatic rings. The Kier molecular flexibility index (Phi) is 4.84. The molecule has 2 N–H and O–H groups in total. The first-order chi connectivity index (χ1) is 14.6. The van der Waals surface area contributed by atoms with Crippen molar-refractivity contribution in [3.05, 3.63) is 34.1 Å². The zero-order valence-corrected chi connectivity index (χ0v) is 16.7. The highest BCUT2D eigenvalue weighted by Crippen LogP contribution is 2.35. The quantitative estimate of drug-likeness (QED) is 0.750. The number of nitrogens with one attached hydrogen (secondary N) is 2. The summed E-state index contributed by atoms with van der Waals surface area (Å²) in [6.07, 6.45) is 5.62. The van der Waals surface area contributed by atoms with E-state index in [1.165, 1.54) is 11.3 Å². The minimum Gasteiger partial charge on any atom is -0.486 e. The number of hydrogen-bond donors (Lipinski definition) is 2. The number of benzene rings is 1. The lowest BCUT2D eigenvalue weighted by molar-refractivity contribution is -0.149. The van der Waals surface area contributed by atoms with Crippen LogP contribution in [-0.2, 0) is 9.59 Å². The SMILES string of the molecule is O=C(NC1CCCCC1)C(c1cc2cc3c(cc2[nH]c1=O)OCCO3)N1CCC1=O. The Bertz CT molecular complexity index is 1060. The van der Waals surface area contributed by atoms with Crippen LogP contribution in [0.2, 0.25) is 0 Å².